The van der Waals surface area contributed by atoms with Gasteiger partial charge in [0.25, 0.3) is 0 Å². The van der Waals surface area contributed by atoms with Crippen molar-refractivity contribution in [3.63, 3.8) is 0 Å². The van der Waals surface area contributed by atoms with Crippen molar-refractivity contribution in [1.29, 1.82) is 0 Å². The molecule has 118 valence electrons. The number of benzene rings is 2. The molecule has 3 heteroatoms. The third-order valence-corrected chi connectivity index (χ3v) is 3.52. The van der Waals surface area contributed by atoms with E-state index in [1.807, 2.05) is 24.3 Å². The summed E-state index contributed by atoms with van der Waals surface area (Å²) in [6.07, 6.45) is 1.95. The molecule has 0 spiro atoms. The lowest BCUT2D eigenvalue weighted by atomic mass is 10.1. The molecule has 22 heavy (non-hydrogen) atoms. The monoisotopic (exact) mass is 300 g/mol. The first-order valence-electron chi connectivity index (χ1n) is 7.66. The summed E-state index contributed by atoms with van der Waals surface area (Å²) < 4.78 is 16.7. The van der Waals surface area contributed by atoms with Crippen LogP contribution in [0.5, 0.6) is 17.2 Å². The molecular weight excluding hydrogens is 276 g/mol. The highest BCUT2D eigenvalue weighted by Crippen LogP contribution is 2.22. The summed E-state index contributed by atoms with van der Waals surface area (Å²) in [6, 6.07) is 13.9. The third-order valence-electron chi connectivity index (χ3n) is 3.52. The predicted octanol–water partition coefficient (Wildman–Crippen LogP) is 4.55. The van der Waals surface area contributed by atoms with Crippen LogP contribution in [0.25, 0.3) is 0 Å². The zero-order chi connectivity index (χ0) is 15.8. The first-order valence-corrected chi connectivity index (χ1v) is 7.66. The van der Waals surface area contributed by atoms with Gasteiger partial charge in [-0.05, 0) is 62.1 Å². The summed E-state index contributed by atoms with van der Waals surface area (Å²) in [5, 5.41) is 0. The molecule has 0 fully saturated rings. The van der Waals surface area contributed by atoms with E-state index >= 15 is 0 Å². The van der Waals surface area contributed by atoms with Gasteiger partial charge in [-0.3, -0.25) is 0 Å². The van der Waals surface area contributed by atoms with E-state index in [-0.39, 0.29) is 0 Å². The number of aryl methyl sites for hydroxylation is 2. The van der Waals surface area contributed by atoms with Crippen LogP contribution in [0.1, 0.15) is 24.0 Å². The summed E-state index contributed by atoms with van der Waals surface area (Å²) in [5.74, 6) is 2.73. The van der Waals surface area contributed by atoms with Gasteiger partial charge in [0, 0.05) is 0 Å². The number of hydrogen-bond donors (Lipinski definition) is 0. The molecular formula is C19H24O3. The first kappa shape index (κ1) is 16.2. The van der Waals surface area contributed by atoms with E-state index in [1.54, 1.807) is 7.11 Å². The Kier molecular flexibility index (Phi) is 6.13. The van der Waals surface area contributed by atoms with E-state index in [0.717, 1.165) is 36.7 Å². The van der Waals surface area contributed by atoms with Crippen LogP contribution in [0.2, 0.25) is 0 Å². The third kappa shape index (κ3) is 4.69. The zero-order valence-corrected chi connectivity index (χ0v) is 13.6. The van der Waals surface area contributed by atoms with Crippen molar-refractivity contribution in [3.05, 3.63) is 53.6 Å². The van der Waals surface area contributed by atoms with E-state index in [2.05, 4.69) is 32.0 Å². The topological polar surface area (TPSA) is 27.7 Å². The van der Waals surface area contributed by atoms with Crippen molar-refractivity contribution >= 4 is 0 Å². The summed E-state index contributed by atoms with van der Waals surface area (Å²) >= 11 is 0. The van der Waals surface area contributed by atoms with Gasteiger partial charge in [0.1, 0.15) is 17.2 Å². The predicted molar refractivity (Wildman–Crippen MR) is 89.1 cm³/mol. The lowest BCUT2D eigenvalue weighted by Gasteiger charge is -2.12. The van der Waals surface area contributed by atoms with Crippen molar-refractivity contribution < 1.29 is 14.2 Å². The van der Waals surface area contributed by atoms with E-state index in [9.17, 15) is 0 Å². The summed E-state index contributed by atoms with van der Waals surface area (Å²) in [7, 11) is 1.66. The lowest BCUT2D eigenvalue weighted by molar-refractivity contribution is 0.264. The minimum absolute atomic E-state index is 0.697. The highest BCUT2D eigenvalue weighted by molar-refractivity contribution is 5.39. The fourth-order valence-electron chi connectivity index (χ4n) is 2.27. The molecule has 0 aromatic heterocycles. The van der Waals surface area contributed by atoms with E-state index in [0.29, 0.717) is 6.61 Å². The fraction of sp³-hybridized carbons (Fsp3) is 0.368. The second kappa shape index (κ2) is 8.32. The van der Waals surface area contributed by atoms with Gasteiger partial charge in [-0.1, -0.05) is 18.2 Å². The van der Waals surface area contributed by atoms with E-state index in [1.165, 1.54) is 11.1 Å². The van der Waals surface area contributed by atoms with Crippen LogP contribution in [0.15, 0.2) is 42.5 Å². The summed E-state index contributed by atoms with van der Waals surface area (Å²) in [5.41, 5.74) is 2.38. The number of unbranched alkanes of at least 4 members (excludes halogenated alkanes) is 1. The minimum Gasteiger partial charge on any atom is -0.497 e. The Morgan fingerprint density at radius 3 is 1.86 bits per heavy atom. The first-order chi connectivity index (χ1) is 10.7. The molecule has 0 atom stereocenters. The average Bonchev–Trinajstić information content (AvgIpc) is 2.53. The molecule has 2 rings (SSSR count). The quantitative estimate of drug-likeness (QED) is 0.669. The average molecular weight is 300 g/mol. The van der Waals surface area contributed by atoms with Crippen molar-refractivity contribution in [2.45, 2.75) is 26.7 Å². The Labute approximate surface area is 132 Å². The molecule has 0 saturated heterocycles. The molecule has 0 amide bonds. The highest BCUT2D eigenvalue weighted by atomic mass is 16.5. The second-order valence-corrected chi connectivity index (χ2v) is 5.30. The molecule has 0 radical (unpaired) electrons. The zero-order valence-electron chi connectivity index (χ0n) is 13.6. The maximum Gasteiger partial charge on any atom is 0.125 e. The van der Waals surface area contributed by atoms with Crippen LogP contribution >= 0.6 is 0 Å². The molecule has 0 heterocycles. The van der Waals surface area contributed by atoms with Crippen LogP contribution in [0, 0.1) is 13.8 Å². The van der Waals surface area contributed by atoms with Gasteiger partial charge in [0.15, 0.2) is 0 Å². The molecule has 0 aliphatic carbocycles. The molecule has 0 aliphatic heterocycles. The molecule has 0 unspecified atom stereocenters. The van der Waals surface area contributed by atoms with Crippen LogP contribution in [-0.4, -0.2) is 20.3 Å². The normalized spacial score (nSPS) is 10.3. The number of rotatable bonds is 8. The van der Waals surface area contributed by atoms with Crippen LogP contribution in [0.4, 0.5) is 0 Å². The Bertz CT molecular complexity index is 555. The lowest BCUT2D eigenvalue weighted by Crippen LogP contribution is -2.04. The summed E-state index contributed by atoms with van der Waals surface area (Å²) in [4.78, 5) is 0. The van der Waals surface area contributed by atoms with Crippen molar-refractivity contribution in [1.82, 2.24) is 0 Å². The smallest absolute Gasteiger partial charge is 0.125 e. The number of para-hydroxylation sites is 1. The van der Waals surface area contributed by atoms with E-state index in [4.69, 9.17) is 14.2 Å². The largest absolute Gasteiger partial charge is 0.497 e. The fourth-order valence-corrected chi connectivity index (χ4v) is 2.27. The van der Waals surface area contributed by atoms with Gasteiger partial charge < -0.3 is 14.2 Å². The molecule has 2 aromatic rings. The van der Waals surface area contributed by atoms with Gasteiger partial charge in [0.05, 0.1) is 20.3 Å². The Balaban J connectivity index is 1.65. The number of ether oxygens (including phenoxy) is 3. The van der Waals surface area contributed by atoms with Crippen LogP contribution in [-0.2, 0) is 0 Å². The Hall–Kier alpha value is -2.16. The van der Waals surface area contributed by atoms with Crippen molar-refractivity contribution in [3.8, 4) is 17.2 Å². The van der Waals surface area contributed by atoms with Gasteiger partial charge in [0.2, 0.25) is 0 Å². The SMILES string of the molecule is COc1ccc(OCCCCOc2c(C)cccc2C)cc1. The maximum atomic E-state index is 5.88. The molecule has 0 N–H and O–H groups in total. The number of hydrogen-bond acceptors (Lipinski definition) is 3. The molecule has 0 saturated carbocycles. The van der Waals surface area contributed by atoms with Crippen molar-refractivity contribution in [2.24, 2.45) is 0 Å². The Morgan fingerprint density at radius 2 is 1.27 bits per heavy atom. The molecule has 0 aliphatic rings. The molecule has 0 bridgehead atoms. The number of methoxy groups -OCH3 is 1. The van der Waals surface area contributed by atoms with Gasteiger partial charge in [-0.15, -0.1) is 0 Å². The maximum absolute atomic E-state index is 5.88. The molecule has 3 nitrogen and oxygen atoms in total. The van der Waals surface area contributed by atoms with Crippen LogP contribution < -0.4 is 14.2 Å². The highest BCUT2D eigenvalue weighted by Gasteiger charge is 2.02. The van der Waals surface area contributed by atoms with E-state index < -0.39 is 0 Å². The minimum atomic E-state index is 0.697. The van der Waals surface area contributed by atoms with Crippen LogP contribution in [0.3, 0.4) is 0 Å². The Morgan fingerprint density at radius 1 is 0.727 bits per heavy atom. The molecule has 2 aromatic carbocycles. The standard InChI is InChI=1S/C19H24O3/c1-15-7-6-8-16(2)19(15)22-14-5-4-13-21-18-11-9-17(20-3)10-12-18/h6-12H,4-5,13-14H2,1-3H3. The second-order valence-electron chi connectivity index (χ2n) is 5.30. The van der Waals surface area contributed by atoms with Gasteiger partial charge in [-0.2, -0.15) is 0 Å². The van der Waals surface area contributed by atoms with Gasteiger partial charge in [-0.25, -0.2) is 0 Å². The van der Waals surface area contributed by atoms with Gasteiger partial charge >= 0.3 is 0 Å². The summed E-state index contributed by atoms with van der Waals surface area (Å²) in [6.45, 7) is 5.57. The van der Waals surface area contributed by atoms with Crippen molar-refractivity contribution in [2.75, 3.05) is 20.3 Å².